The van der Waals surface area contributed by atoms with Crippen molar-refractivity contribution in [1.29, 1.82) is 0 Å². The fourth-order valence-electron chi connectivity index (χ4n) is 2.48. The number of esters is 1. The van der Waals surface area contributed by atoms with Gasteiger partial charge in [-0.05, 0) is 12.2 Å². The SMILES string of the molecule is Cn1nnc(-c2ccccc2)c1/C=C/C1CC(O)CC(=O)O1. The van der Waals surface area contributed by atoms with E-state index in [4.69, 9.17) is 4.74 Å². The van der Waals surface area contributed by atoms with Crippen molar-refractivity contribution in [3.63, 3.8) is 0 Å². The molecule has 0 radical (unpaired) electrons. The average Bonchev–Trinajstić information content (AvgIpc) is 2.86. The van der Waals surface area contributed by atoms with E-state index in [1.54, 1.807) is 17.8 Å². The van der Waals surface area contributed by atoms with E-state index in [1.165, 1.54) is 0 Å². The molecule has 1 aromatic heterocycles. The van der Waals surface area contributed by atoms with Crippen LogP contribution in [0.15, 0.2) is 36.4 Å². The molecule has 2 heterocycles. The van der Waals surface area contributed by atoms with Crippen molar-refractivity contribution >= 4 is 12.0 Å². The number of rotatable bonds is 3. The first-order valence-corrected chi connectivity index (χ1v) is 7.14. The van der Waals surface area contributed by atoms with E-state index in [9.17, 15) is 9.90 Å². The quantitative estimate of drug-likeness (QED) is 0.870. The molecule has 3 rings (SSSR count). The first-order chi connectivity index (χ1) is 10.6. The summed E-state index contributed by atoms with van der Waals surface area (Å²) in [6.45, 7) is 0. The molecule has 1 N–H and O–H groups in total. The maximum Gasteiger partial charge on any atom is 0.309 e. The van der Waals surface area contributed by atoms with Crippen LogP contribution in [0, 0.1) is 0 Å². The van der Waals surface area contributed by atoms with Crippen molar-refractivity contribution in [1.82, 2.24) is 15.0 Å². The summed E-state index contributed by atoms with van der Waals surface area (Å²) in [5.41, 5.74) is 2.56. The molecule has 1 aliphatic heterocycles. The molecule has 6 nitrogen and oxygen atoms in total. The van der Waals surface area contributed by atoms with Crippen LogP contribution in [0.2, 0.25) is 0 Å². The Labute approximate surface area is 128 Å². The number of aliphatic hydroxyl groups excluding tert-OH is 1. The highest BCUT2D eigenvalue weighted by atomic mass is 16.5. The van der Waals surface area contributed by atoms with Gasteiger partial charge in [-0.25, -0.2) is 4.68 Å². The van der Waals surface area contributed by atoms with Crippen molar-refractivity contribution in [3.8, 4) is 11.3 Å². The number of cyclic esters (lactones) is 1. The molecule has 0 aliphatic carbocycles. The van der Waals surface area contributed by atoms with E-state index < -0.39 is 12.2 Å². The highest BCUT2D eigenvalue weighted by Gasteiger charge is 2.25. The summed E-state index contributed by atoms with van der Waals surface area (Å²) in [4.78, 5) is 11.4. The van der Waals surface area contributed by atoms with Gasteiger partial charge in [0.15, 0.2) is 0 Å². The van der Waals surface area contributed by atoms with Crippen LogP contribution in [-0.2, 0) is 16.6 Å². The molecule has 2 aromatic rings. The van der Waals surface area contributed by atoms with Gasteiger partial charge < -0.3 is 9.84 Å². The maximum atomic E-state index is 11.4. The Balaban J connectivity index is 1.85. The van der Waals surface area contributed by atoms with E-state index >= 15 is 0 Å². The Morgan fingerprint density at radius 2 is 2.14 bits per heavy atom. The van der Waals surface area contributed by atoms with Crippen molar-refractivity contribution in [2.75, 3.05) is 0 Å². The van der Waals surface area contributed by atoms with E-state index in [0.717, 1.165) is 17.0 Å². The van der Waals surface area contributed by atoms with Crippen LogP contribution in [0.4, 0.5) is 0 Å². The molecule has 2 atom stereocenters. The summed E-state index contributed by atoms with van der Waals surface area (Å²) in [6, 6.07) is 9.75. The number of carbonyl (C=O) groups excluding carboxylic acids is 1. The van der Waals surface area contributed by atoms with Gasteiger partial charge in [0.1, 0.15) is 11.8 Å². The van der Waals surface area contributed by atoms with E-state index in [1.807, 2.05) is 36.4 Å². The van der Waals surface area contributed by atoms with Crippen LogP contribution in [0.25, 0.3) is 17.3 Å². The summed E-state index contributed by atoms with van der Waals surface area (Å²) in [5.74, 6) is -0.375. The highest BCUT2D eigenvalue weighted by molar-refractivity contribution is 5.72. The molecule has 1 aliphatic rings. The zero-order valence-corrected chi connectivity index (χ0v) is 12.2. The molecule has 0 spiro atoms. The third kappa shape index (κ3) is 3.07. The van der Waals surface area contributed by atoms with Crippen molar-refractivity contribution in [2.45, 2.75) is 25.0 Å². The van der Waals surface area contributed by atoms with Crippen molar-refractivity contribution in [3.05, 3.63) is 42.1 Å². The first kappa shape index (κ1) is 14.5. The minimum Gasteiger partial charge on any atom is -0.458 e. The van der Waals surface area contributed by atoms with Gasteiger partial charge in [0.2, 0.25) is 0 Å². The predicted octanol–water partition coefficient (Wildman–Crippen LogP) is 1.56. The molecule has 114 valence electrons. The number of hydrogen-bond acceptors (Lipinski definition) is 5. The highest BCUT2D eigenvalue weighted by Crippen LogP contribution is 2.23. The number of nitrogens with zero attached hydrogens (tertiary/aromatic N) is 3. The fourth-order valence-corrected chi connectivity index (χ4v) is 2.48. The zero-order chi connectivity index (χ0) is 15.5. The van der Waals surface area contributed by atoms with Crippen molar-refractivity contribution < 1.29 is 14.6 Å². The van der Waals surface area contributed by atoms with Gasteiger partial charge in [-0.15, -0.1) is 5.10 Å². The Morgan fingerprint density at radius 3 is 2.86 bits per heavy atom. The molecule has 1 saturated heterocycles. The van der Waals surface area contributed by atoms with Gasteiger partial charge in [-0.3, -0.25) is 4.79 Å². The number of benzene rings is 1. The topological polar surface area (TPSA) is 77.2 Å². The van der Waals surface area contributed by atoms with E-state index in [0.29, 0.717) is 6.42 Å². The van der Waals surface area contributed by atoms with Gasteiger partial charge in [0.05, 0.1) is 18.2 Å². The third-order valence-electron chi connectivity index (χ3n) is 3.58. The molecule has 0 bridgehead atoms. The van der Waals surface area contributed by atoms with Crippen LogP contribution in [0.1, 0.15) is 18.5 Å². The summed E-state index contributed by atoms with van der Waals surface area (Å²) in [6.07, 6.45) is 3.01. The third-order valence-corrected chi connectivity index (χ3v) is 3.58. The number of ether oxygens (including phenoxy) is 1. The summed E-state index contributed by atoms with van der Waals surface area (Å²) in [7, 11) is 1.81. The molecule has 22 heavy (non-hydrogen) atoms. The molecule has 1 aromatic carbocycles. The van der Waals surface area contributed by atoms with Crippen LogP contribution in [-0.4, -0.2) is 38.3 Å². The predicted molar refractivity (Wildman–Crippen MR) is 80.6 cm³/mol. The second-order valence-corrected chi connectivity index (χ2v) is 5.29. The van der Waals surface area contributed by atoms with Crippen LogP contribution in [0.3, 0.4) is 0 Å². The second kappa shape index (κ2) is 6.11. The Hall–Kier alpha value is -2.47. The summed E-state index contributed by atoms with van der Waals surface area (Å²) >= 11 is 0. The normalized spacial score (nSPS) is 22.0. The average molecular weight is 299 g/mol. The molecule has 2 unspecified atom stereocenters. The van der Waals surface area contributed by atoms with Crippen LogP contribution in [0.5, 0.6) is 0 Å². The molecule has 0 amide bonds. The van der Waals surface area contributed by atoms with Crippen molar-refractivity contribution in [2.24, 2.45) is 7.05 Å². The number of aromatic nitrogens is 3. The lowest BCUT2D eigenvalue weighted by molar-refractivity contribution is -0.156. The van der Waals surface area contributed by atoms with E-state index in [2.05, 4.69) is 10.3 Å². The lowest BCUT2D eigenvalue weighted by atomic mass is 10.0. The molecular formula is C16H17N3O3. The van der Waals surface area contributed by atoms with Gasteiger partial charge in [-0.2, -0.15) is 0 Å². The number of aryl methyl sites for hydroxylation is 1. The van der Waals surface area contributed by atoms with Crippen LogP contribution >= 0.6 is 0 Å². The zero-order valence-electron chi connectivity index (χ0n) is 12.2. The maximum absolute atomic E-state index is 11.4. The Bertz CT molecular complexity index is 694. The Morgan fingerprint density at radius 1 is 1.36 bits per heavy atom. The molecule has 6 heteroatoms. The number of aliphatic hydroxyl groups is 1. The minimum absolute atomic E-state index is 0.0624. The second-order valence-electron chi connectivity index (χ2n) is 5.29. The lowest BCUT2D eigenvalue weighted by Crippen LogP contribution is -2.31. The minimum atomic E-state index is -0.644. The van der Waals surface area contributed by atoms with Gasteiger partial charge >= 0.3 is 5.97 Å². The van der Waals surface area contributed by atoms with Gasteiger partial charge in [0, 0.05) is 19.0 Å². The van der Waals surface area contributed by atoms with Crippen LogP contribution < -0.4 is 0 Å². The summed E-state index contributed by atoms with van der Waals surface area (Å²) < 4.78 is 6.87. The number of carbonyl (C=O) groups is 1. The Kier molecular flexibility index (Phi) is 4.02. The fraction of sp³-hybridized carbons (Fsp3) is 0.312. The lowest BCUT2D eigenvalue weighted by Gasteiger charge is -2.23. The number of hydrogen-bond donors (Lipinski definition) is 1. The molecular weight excluding hydrogens is 282 g/mol. The molecule has 1 fully saturated rings. The smallest absolute Gasteiger partial charge is 0.309 e. The van der Waals surface area contributed by atoms with E-state index in [-0.39, 0.29) is 12.4 Å². The standard InChI is InChI=1S/C16H17N3O3/c1-19-14(8-7-13-9-12(20)10-15(21)22-13)16(17-18-19)11-5-3-2-4-6-11/h2-8,12-13,20H,9-10H2,1H3/b8-7+. The first-order valence-electron chi connectivity index (χ1n) is 7.14. The summed E-state index contributed by atoms with van der Waals surface area (Å²) in [5, 5.41) is 17.9. The largest absolute Gasteiger partial charge is 0.458 e. The van der Waals surface area contributed by atoms with Gasteiger partial charge in [-0.1, -0.05) is 35.5 Å². The monoisotopic (exact) mass is 299 g/mol. The van der Waals surface area contributed by atoms with Gasteiger partial charge in [0.25, 0.3) is 0 Å². The molecule has 0 saturated carbocycles.